The fourth-order valence-corrected chi connectivity index (χ4v) is 1.38. The summed E-state index contributed by atoms with van der Waals surface area (Å²) in [5.74, 6) is 0.586. The summed E-state index contributed by atoms with van der Waals surface area (Å²) < 4.78 is 5.50. The van der Waals surface area contributed by atoms with Crippen molar-refractivity contribution < 1.29 is 9.53 Å². The highest BCUT2D eigenvalue weighted by atomic mass is 16.5. The van der Waals surface area contributed by atoms with Gasteiger partial charge in [-0.1, -0.05) is 13.0 Å². The van der Waals surface area contributed by atoms with Crippen LogP contribution in [0.15, 0.2) is 24.3 Å². The standard InChI is InChI=1S/C14H22N2O2/c1-4-8-18-12-7-5-6-11(9-12)13(17)16-14(2,3)10-15/h5-7,9H,4,8,10,15H2,1-3H3,(H,16,17). The van der Waals surface area contributed by atoms with E-state index in [1.165, 1.54) is 0 Å². The smallest absolute Gasteiger partial charge is 0.251 e. The van der Waals surface area contributed by atoms with E-state index in [-0.39, 0.29) is 5.91 Å². The van der Waals surface area contributed by atoms with Gasteiger partial charge in [0.25, 0.3) is 5.91 Å². The molecule has 0 fully saturated rings. The Morgan fingerprint density at radius 3 is 2.78 bits per heavy atom. The van der Waals surface area contributed by atoms with Gasteiger partial charge in [-0.2, -0.15) is 0 Å². The lowest BCUT2D eigenvalue weighted by Crippen LogP contribution is -2.48. The van der Waals surface area contributed by atoms with Crippen LogP contribution < -0.4 is 15.8 Å². The number of hydrogen-bond donors (Lipinski definition) is 2. The summed E-state index contributed by atoms with van der Waals surface area (Å²) in [7, 11) is 0. The highest BCUT2D eigenvalue weighted by molar-refractivity contribution is 5.95. The molecule has 4 heteroatoms. The second-order valence-corrected chi connectivity index (χ2v) is 4.92. The molecule has 18 heavy (non-hydrogen) atoms. The molecular weight excluding hydrogens is 228 g/mol. The van der Waals surface area contributed by atoms with Crippen LogP contribution in [0.4, 0.5) is 0 Å². The maximum Gasteiger partial charge on any atom is 0.251 e. The molecule has 100 valence electrons. The minimum Gasteiger partial charge on any atom is -0.494 e. The fraction of sp³-hybridized carbons (Fsp3) is 0.500. The summed E-state index contributed by atoms with van der Waals surface area (Å²) in [6, 6.07) is 7.17. The Morgan fingerprint density at radius 1 is 1.44 bits per heavy atom. The van der Waals surface area contributed by atoms with Crippen LogP contribution in [0.5, 0.6) is 5.75 Å². The molecule has 4 nitrogen and oxygen atoms in total. The quantitative estimate of drug-likeness (QED) is 0.811. The van der Waals surface area contributed by atoms with Crippen molar-refractivity contribution in [3.05, 3.63) is 29.8 Å². The zero-order valence-corrected chi connectivity index (χ0v) is 11.3. The number of hydrogen-bond acceptors (Lipinski definition) is 3. The fourth-order valence-electron chi connectivity index (χ4n) is 1.38. The van der Waals surface area contributed by atoms with Crippen molar-refractivity contribution in [3.63, 3.8) is 0 Å². The molecule has 0 aliphatic carbocycles. The van der Waals surface area contributed by atoms with Gasteiger partial charge in [0.15, 0.2) is 0 Å². The molecule has 0 aromatic heterocycles. The topological polar surface area (TPSA) is 64.3 Å². The van der Waals surface area contributed by atoms with E-state index in [1.54, 1.807) is 12.1 Å². The number of ether oxygens (including phenoxy) is 1. The van der Waals surface area contributed by atoms with Crippen molar-refractivity contribution in [1.29, 1.82) is 0 Å². The van der Waals surface area contributed by atoms with E-state index in [1.807, 2.05) is 32.9 Å². The third-order valence-corrected chi connectivity index (χ3v) is 2.53. The van der Waals surface area contributed by atoms with Crippen LogP contribution in [0, 0.1) is 0 Å². The third kappa shape index (κ3) is 4.37. The predicted octanol–water partition coefficient (Wildman–Crippen LogP) is 1.94. The van der Waals surface area contributed by atoms with E-state index in [4.69, 9.17) is 10.5 Å². The Kier molecular flexibility index (Phi) is 5.16. The monoisotopic (exact) mass is 250 g/mol. The first-order valence-corrected chi connectivity index (χ1v) is 6.24. The first-order chi connectivity index (χ1) is 8.48. The van der Waals surface area contributed by atoms with E-state index in [9.17, 15) is 4.79 Å². The van der Waals surface area contributed by atoms with Gasteiger partial charge in [0.05, 0.1) is 6.61 Å². The van der Waals surface area contributed by atoms with Gasteiger partial charge >= 0.3 is 0 Å². The molecule has 1 aromatic rings. The van der Waals surface area contributed by atoms with Crippen molar-refractivity contribution in [2.45, 2.75) is 32.7 Å². The number of amides is 1. The Bertz CT molecular complexity index is 403. The third-order valence-electron chi connectivity index (χ3n) is 2.53. The zero-order valence-electron chi connectivity index (χ0n) is 11.3. The molecule has 1 rings (SSSR count). The number of carbonyl (C=O) groups is 1. The minimum atomic E-state index is -0.405. The average Bonchev–Trinajstić information content (AvgIpc) is 2.36. The van der Waals surface area contributed by atoms with E-state index in [0.29, 0.717) is 18.7 Å². The second-order valence-electron chi connectivity index (χ2n) is 4.92. The number of nitrogens with one attached hydrogen (secondary N) is 1. The lowest BCUT2D eigenvalue weighted by Gasteiger charge is -2.24. The van der Waals surface area contributed by atoms with Gasteiger partial charge < -0.3 is 15.8 Å². The lowest BCUT2D eigenvalue weighted by atomic mass is 10.1. The minimum absolute atomic E-state index is 0.132. The molecule has 0 spiro atoms. The summed E-state index contributed by atoms with van der Waals surface area (Å²) in [4.78, 5) is 12.0. The molecule has 0 saturated carbocycles. The molecular formula is C14H22N2O2. The van der Waals surface area contributed by atoms with Crippen molar-refractivity contribution in [3.8, 4) is 5.75 Å². The van der Waals surface area contributed by atoms with Crippen molar-refractivity contribution in [1.82, 2.24) is 5.32 Å². The van der Waals surface area contributed by atoms with Crippen LogP contribution in [0.2, 0.25) is 0 Å². The van der Waals surface area contributed by atoms with Gasteiger partial charge in [0.1, 0.15) is 5.75 Å². The van der Waals surface area contributed by atoms with E-state index in [0.717, 1.165) is 12.2 Å². The molecule has 1 aromatic carbocycles. The van der Waals surface area contributed by atoms with E-state index >= 15 is 0 Å². The van der Waals surface area contributed by atoms with Gasteiger partial charge in [-0.05, 0) is 38.5 Å². The number of benzene rings is 1. The molecule has 0 unspecified atom stereocenters. The first-order valence-electron chi connectivity index (χ1n) is 6.24. The zero-order chi connectivity index (χ0) is 13.6. The molecule has 0 saturated heterocycles. The Labute approximate surface area is 109 Å². The average molecular weight is 250 g/mol. The number of rotatable bonds is 6. The first kappa shape index (κ1) is 14.5. The summed E-state index contributed by atoms with van der Waals surface area (Å²) in [5, 5.41) is 2.89. The molecule has 0 heterocycles. The summed E-state index contributed by atoms with van der Waals surface area (Å²) in [5.41, 5.74) is 5.77. The number of nitrogens with two attached hydrogens (primary N) is 1. The second kappa shape index (κ2) is 6.40. The van der Waals surface area contributed by atoms with Crippen LogP contribution in [-0.2, 0) is 0 Å². The van der Waals surface area contributed by atoms with Crippen LogP contribution >= 0.6 is 0 Å². The van der Waals surface area contributed by atoms with Gasteiger partial charge in [0.2, 0.25) is 0 Å². The maximum atomic E-state index is 12.0. The number of carbonyl (C=O) groups excluding carboxylic acids is 1. The van der Waals surface area contributed by atoms with Crippen molar-refractivity contribution in [2.75, 3.05) is 13.2 Å². The highest BCUT2D eigenvalue weighted by Crippen LogP contribution is 2.14. The molecule has 0 aliphatic heterocycles. The summed E-state index contributed by atoms with van der Waals surface area (Å²) >= 11 is 0. The van der Waals surface area contributed by atoms with E-state index in [2.05, 4.69) is 5.32 Å². The lowest BCUT2D eigenvalue weighted by molar-refractivity contribution is 0.0915. The summed E-state index contributed by atoms with van der Waals surface area (Å²) in [6.07, 6.45) is 0.941. The molecule has 0 atom stereocenters. The molecule has 0 radical (unpaired) electrons. The van der Waals surface area contributed by atoms with Crippen molar-refractivity contribution >= 4 is 5.91 Å². The van der Waals surface area contributed by atoms with E-state index < -0.39 is 5.54 Å². The Morgan fingerprint density at radius 2 is 2.17 bits per heavy atom. The van der Waals surface area contributed by atoms with Gasteiger partial charge in [0, 0.05) is 17.6 Å². The molecule has 0 bridgehead atoms. The largest absolute Gasteiger partial charge is 0.494 e. The molecule has 3 N–H and O–H groups in total. The van der Waals surface area contributed by atoms with Crippen LogP contribution in [-0.4, -0.2) is 24.6 Å². The molecule has 1 amide bonds. The Balaban J connectivity index is 2.74. The summed E-state index contributed by atoms with van der Waals surface area (Å²) in [6.45, 7) is 6.87. The van der Waals surface area contributed by atoms with Crippen LogP contribution in [0.1, 0.15) is 37.6 Å². The van der Waals surface area contributed by atoms with Crippen LogP contribution in [0.25, 0.3) is 0 Å². The molecule has 0 aliphatic rings. The normalized spacial score (nSPS) is 11.1. The predicted molar refractivity (Wildman–Crippen MR) is 72.8 cm³/mol. The highest BCUT2D eigenvalue weighted by Gasteiger charge is 2.19. The van der Waals surface area contributed by atoms with Crippen molar-refractivity contribution in [2.24, 2.45) is 5.73 Å². The maximum absolute atomic E-state index is 12.0. The van der Waals surface area contributed by atoms with Gasteiger partial charge in [-0.15, -0.1) is 0 Å². The van der Waals surface area contributed by atoms with Gasteiger partial charge in [-0.3, -0.25) is 4.79 Å². The SMILES string of the molecule is CCCOc1cccc(C(=O)NC(C)(C)CN)c1. The van der Waals surface area contributed by atoms with Gasteiger partial charge in [-0.25, -0.2) is 0 Å². The Hall–Kier alpha value is -1.55. The van der Waals surface area contributed by atoms with Crippen LogP contribution in [0.3, 0.4) is 0 Å².